The summed E-state index contributed by atoms with van der Waals surface area (Å²) in [7, 11) is 0. The van der Waals surface area contributed by atoms with Crippen LogP contribution in [0.2, 0.25) is 0 Å². The van der Waals surface area contributed by atoms with Gasteiger partial charge in [-0.25, -0.2) is 0 Å². The summed E-state index contributed by atoms with van der Waals surface area (Å²) in [5.41, 5.74) is 0.739. The molecular formula is C15H23NO. The first-order valence-corrected chi connectivity index (χ1v) is 6.45. The van der Waals surface area contributed by atoms with E-state index in [1.54, 1.807) is 0 Å². The number of carbonyl (C=O) groups excluding carboxylic acids is 1. The summed E-state index contributed by atoms with van der Waals surface area (Å²) in [5.74, 6) is 0.773. The second kappa shape index (κ2) is 7.10. The molecule has 0 aliphatic heterocycles. The molecule has 1 atom stereocenters. The molecule has 1 aromatic carbocycles. The van der Waals surface area contributed by atoms with Crippen molar-refractivity contribution in [2.75, 3.05) is 0 Å². The molecule has 0 saturated heterocycles. The zero-order valence-electron chi connectivity index (χ0n) is 11.1. The highest BCUT2D eigenvalue weighted by Gasteiger charge is 2.08. The molecular weight excluding hydrogens is 210 g/mol. The Labute approximate surface area is 104 Å². The molecule has 1 rings (SSSR count). The van der Waals surface area contributed by atoms with Crippen molar-refractivity contribution in [2.45, 2.75) is 46.1 Å². The highest BCUT2D eigenvalue weighted by Crippen LogP contribution is 2.08. The topological polar surface area (TPSA) is 29.1 Å². The van der Waals surface area contributed by atoms with Crippen LogP contribution in [0.5, 0.6) is 0 Å². The monoisotopic (exact) mass is 233 g/mol. The molecule has 0 aliphatic rings. The minimum atomic E-state index is 0.0302. The maximum atomic E-state index is 11.8. The van der Waals surface area contributed by atoms with Crippen molar-refractivity contribution in [3.8, 4) is 0 Å². The van der Waals surface area contributed by atoms with Crippen LogP contribution in [0.25, 0.3) is 0 Å². The van der Waals surface area contributed by atoms with Crippen LogP contribution in [0.15, 0.2) is 30.3 Å². The fourth-order valence-corrected chi connectivity index (χ4v) is 1.80. The molecule has 0 bridgehead atoms. The Morgan fingerprint density at radius 1 is 1.12 bits per heavy atom. The summed E-state index contributed by atoms with van der Waals surface area (Å²) in [6.45, 7) is 6.53. The Morgan fingerprint density at radius 2 is 1.76 bits per heavy atom. The first kappa shape index (κ1) is 13.8. The number of rotatable bonds is 6. The van der Waals surface area contributed by atoms with E-state index in [2.05, 4.69) is 26.1 Å². The molecule has 0 heterocycles. The largest absolute Gasteiger partial charge is 0.350 e. The molecule has 0 saturated carbocycles. The number of carbonyl (C=O) groups is 1. The van der Waals surface area contributed by atoms with E-state index in [9.17, 15) is 4.79 Å². The van der Waals surface area contributed by atoms with Crippen LogP contribution in [0, 0.1) is 5.92 Å². The lowest BCUT2D eigenvalue weighted by molar-refractivity contribution is 0.0938. The second-order valence-electron chi connectivity index (χ2n) is 5.07. The van der Waals surface area contributed by atoms with Crippen LogP contribution in [0.1, 0.15) is 50.4 Å². The highest BCUT2D eigenvalue weighted by molar-refractivity contribution is 5.94. The number of hydrogen-bond acceptors (Lipinski definition) is 1. The predicted molar refractivity (Wildman–Crippen MR) is 72.1 cm³/mol. The molecule has 1 amide bonds. The van der Waals surface area contributed by atoms with Crippen LogP contribution < -0.4 is 5.32 Å². The molecule has 0 spiro atoms. The predicted octanol–water partition coefficient (Wildman–Crippen LogP) is 3.63. The zero-order chi connectivity index (χ0) is 12.7. The average Bonchev–Trinajstić information content (AvgIpc) is 2.29. The van der Waals surface area contributed by atoms with Crippen molar-refractivity contribution >= 4 is 5.91 Å². The first-order valence-electron chi connectivity index (χ1n) is 6.45. The van der Waals surface area contributed by atoms with Gasteiger partial charge in [0.05, 0.1) is 0 Å². The fraction of sp³-hybridized carbons (Fsp3) is 0.533. The van der Waals surface area contributed by atoms with Crippen molar-refractivity contribution < 1.29 is 4.79 Å². The van der Waals surface area contributed by atoms with Crippen LogP contribution >= 0.6 is 0 Å². The van der Waals surface area contributed by atoms with E-state index < -0.39 is 0 Å². The van der Waals surface area contributed by atoms with Gasteiger partial charge >= 0.3 is 0 Å². The van der Waals surface area contributed by atoms with Gasteiger partial charge in [0.25, 0.3) is 5.91 Å². The average molecular weight is 233 g/mol. The lowest BCUT2D eigenvalue weighted by Gasteiger charge is -2.14. The third-order valence-corrected chi connectivity index (χ3v) is 2.83. The van der Waals surface area contributed by atoms with E-state index in [4.69, 9.17) is 0 Å². The van der Waals surface area contributed by atoms with Crippen molar-refractivity contribution in [2.24, 2.45) is 5.92 Å². The molecule has 2 heteroatoms. The molecule has 2 nitrogen and oxygen atoms in total. The van der Waals surface area contributed by atoms with Gasteiger partial charge in [0, 0.05) is 11.6 Å². The van der Waals surface area contributed by atoms with Gasteiger partial charge in [-0.1, -0.05) is 44.9 Å². The fourth-order valence-electron chi connectivity index (χ4n) is 1.80. The molecule has 17 heavy (non-hydrogen) atoms. The zero-order valence-corrected chi connectivity index (χ0v) is 11.1. The van der Waals surface area contributed by atoms with Gasteiger partial charge < -0.3 is 5.32 Å². The van der Waals surface area contributed by atoms with E-state index in [1.165, 1.54) is 12.8 Å². The second-order valence-corrected chi connectivity index (χ2v) is 5.07. The van der Waals surface area contributed by atoms with E-state index in [1.807, 2.05) is 30.3 Å². The van der Waals surface area contributed by atoms with Crippen LogP contribution in [-0.2, 0) is 0 Å². The quantitative estimate of drug-likeness (QED) is 0.798. The molecule has 0 aromatic heterocycles. The number of hydrogen-bond donors (Lipinski definition) is 1. The van der Waals surface area contributed by atoms with Gasteiger partial charge in [-0.05, 0) is 31.4 Å². The van der Waals surface area contributed by atoms with Crippen LogP contribution in [-0.4, -0.2) is 11.9 Å². The maximum Gasteiger partial charge on any atom is 0.251 e. The number of amides is 1. The molecule has 1 N–H and O–H groups in total. The van der Waals surface area contributed by atoms with Gasteiger partial charge in [-0.2, -0.15) is 0 Å². The van der Waals surface area contributed by atoms with Gasteiger partial charge in [0.15, 0.2) is 0 Å². The van der Waals surface area contributed by atoms with Gasteiger partial charge in [-0.3, -0.25) is 4.79 Å². The molecule has 1 unspecified atom stereocenters. The van der Waals surface area contributed by atoms with Gasteiger partial charge in [0.1, 0.15) is 0 Å². The van der Waals surface area contributed by atoms with E-state index in [-0.39, 0.29) is 11.9 Å². The van der Waals surface area contributed by atoms with Crippen molar-refractivity contribution in [1.29, 1.82) is 0 Å². The van der Waals surface area contributed by atoms with Crippen LogP contribution in [0.3, 0.4) is 0 Å². The lowest BCUT2D eigenvalue weighted by Crippen LogP contribution is -2.32. The van der Waals surface area contributed by atoms with E-state index in [0.717, 1.165) is 17.9 Å². The summed E-state index contributed by atoms with van der Waals surface area (Å²) in [4.78, 5) is 11.8. The van der Waals surface area contributed by atoms with Gasteiger partial charge in [-0.15, -0.1) is 0 Å². The highest BCUT2D eigenvalue weighted by atomic mass is 16.1. The van der Waals surface area contributed by atoms with Crippen LogP contribution in [0.4, 0.5) is 0 Å². The summed E-state index contributed by atoms with van der Waals surface area (Å²) in [6, 6.07) is 9.63. The maximum absolute atomic E-state index is 11.8. The minimum Gasteiger partial charge on any atom is -0.350 e. The normalized spacial score (nSPS) is 12.5. The minimum absolute atomic E-state index is 0.0302. The third-order valence-electron chi connectivity index (χ3n) is 2.83. The van der Waals surface area contributed by atoms with Crippen molar-refractivity contribution in [1.82, 2.24) is 5.32 Å². The third kappa shape index (κ3) is 5.53. The molecule has 0 fully saturated rings. The van der Waals surface area contributed by atoms with E-state index in [0.29, 0.717) is 0 Å². The Balaban J connectivity index is 2.31. The van der Waals surface area contributed by atoms with Gasteiger partial charge in [0.2, 0.25) is 0 Å². The number of nitrogens with one attached hydrogen (secondary N) is 1. The smallest absolute Gasteiger partial charge is 0.251 e. The number of benzene rings is 1. The molecule has 0 aliphatic carbocycles. The Kier molecular flexibility index (Phi) is 5.75. The molecule has 94 valence electrons. The summed E-state index contributed by atoms with van der Waals surface area (Å²) in [5, 5.41) is 3.03. The Hall–Kier alpha value is -1.31. The Bertz CT molecular complexity index is 332. The lowest BCUT2D eigenvalue weighted by atomic mass is 10.0. The summed E-state index contributed by atoms with van der Waals surface area (Å²) >= 11 is 0. The molecule has 0 radical (unpaired) electrons. The van der Waals surface area contributed by atoms with Crippen molar-refractivity contribution in [3.05, 3.63) is 35.9 Å². The Morgan fingerprint density at radius 3 is 2.35 bits per heavy atom. The summed E-state index contributed by atoms with van der Waals surface area (Å²) < 4.78 is 0. The van der Waals surface area contributed by atoms with Crippen molar-refractivity contribution in [3.63, 3.8) is 0 Å². The SMILES string of the molecule is CC(C)CCCC(C)NC(=O)c1ccccc1. The first-order chi connectivity index (χ1) is 8.09. The van der Waals surface area contributed by atoms with E-state index >= 15 is 0 Å². The summed E-state index contributed by atoms with van der Waals surface area (Å²) in [6.07, 6.45) is 3.45. The molecule has 1 aromatic rings. The standard InChI is InChI=1S/C15H23NO/c1-12(2)8-7-9-13(3)16-15(17)14-10-5-4-6-11-14/h4-6,10-13H,7-9H2,1-3H3,(H,16,17).